The van der Waals surface area contributed by atoms with Gasteiger partial charge in [-0.05, 0) is 5.56 Å². The molecule has 0 unspecified atom stereocenters. The monoisotopic (exact) mass is 303 g/mol. The highest BCUT2D eigenvalue weighted by Crippen LogP contribution is 2.39. The number of hydrogen-bond acceptors (Lipinski definition) is 6. The Morgan fingerprint density at radius 2 is 1.77 bits per heavy atom. The van der Waals surface area contributed by atoms with Crippen LogP contribution in [0.2, 0.25) is 0 Å². The average Bonchev–Trinajstić information content (AvgIpc) is 2.59. The molecular weight excluding hydrogens is 286 g/mol. The average molecular weight is 303 g/mol. The van der Waals surface area contributed by atoms with Gasteiger partial charge in [-0.2, -0.15) is 0 Å². The summed E-state index contributed by atoms with van der Waals surface area (Å²) in [5.74, 6) is 0.258. The topological polar surface area (TPSA) is 66.9 Å². The molecule has 6 nitrogen and oxygen atoms in total. The minimum absolute atomic E-state index is 0.0380. The van der Waals surface area contributed by atoms with Gasteiger partial charge in [0, 0.05) is 0 Å². The van der Waals surface area contributed by atoms with Crippen LogP contribution in [-0.2, 0) is 11.3 Å². The van der Waals surface area contributed by atoms with Crippen LogP contribution < -0.4 is 14.2 Å². The van der Waals surface area contributed by atoms with E-state index < -0.39 is 5.97 Å². The van der Waals surface area contributed by atoms with E-state index in [2.05, 4.69) is 4.98 Å². The lowest BCUT2D eigenvalue weighted by Crippen LogP contribution is -2.10. The van der Waals surface area contributed by atoms with Crippen LogP contribution in [0.1, 0.15) is 16.1 Å². The van der Waals surface area contributed by atoms with Gasteiger partial charge < -0.3 is 18.9 Å². The first-order chi connectivity index (χ1) is 10.7. The second-order valence-electron chi connectivity index (χ2n) is 4.30. The van der Waals surface area contributed by atoms with Crippen LogP contribution in [0.15, 0.2) is 36.5 Å². The summed E-state index contributed by atoms with van der Waals surface area (Å²) in [5, 5.41) is 0. The van der Waals surface area contributed by atoms with Gasteiger partial charge >= 0.3 is 5.97 Å². The molecule has 0 radical (unpaired) electrons. The maximum Gasteiger partial charge on any atom is 0.360 e. The van der Waals surface area contributed by atoms with Gasteiger partial charge in [0.1, 0.15) is 6.61 Å². The molecule has 1 aromatic heterocycles. The molecule has 0 spiro atoms. The van der Waals surface area contributed by atoms with Crippen LogP contribution in [0, 0.1) is 0 Å². The van der Waals surface area contributed by atoms with Crippen molar-refractivity contribution in [3.8, 4) is 17.2 Å². The Kier molecular flexibility index (Phi) is 5.19. The smallest absolute Gasteiger partial charge is 0.360 e. The minimum atomic E-state index is -0.607. The molecule has 0 aliphatic heterocycles. The molecule has 0 amide bonds. The van der Waals surface area contributed by atoms with E-state index in [9.17, 15) is 4.79 Å². The molecule has 0 atom stereocenters. The Balaban J connectivity index is 2.38. The van der Waals surface area contributed by atoms with E-state index in [4.69, 9.17) is 18.9 Å². The summed E-state index contributed by atoms with van der Waals surface area (Å²) in [6.45, 7) is 0.260. The zero-order chi connectivity index (χ0) is 15.9. The number of nitrogens with zero attached hydrogens (tertiary/aromatic N) is 1. The Bertz CT molecular complexity index is 642. The third-order valence-electron chi connectivity index (χ3n) is 2.98. The first kappa shape index (κ1) is 15.6. The lowest BCUT2D eigenvalue weighted by molar-refractivity contribution is 0.0587. The quantitative estimate of drug-likeness (QED) is 0.764. The predicted molar refractivity (Wildman–Crippen MR) is 79.5 cm³/mol. The van der Waals surface area contributed by atoms with E-state index in [1.54, 1.807) is 0 Å². The molecule has 0 fully saturated rings. The number of ether oxygens (including phenoxy) is 4. The lowest BCUT2D eigenvalue weighted by atomic mass is 10.2. The molecule has 2 aromatic rings. The van der Waals surface area contributed by atoms with Gasteiger partial charge in [0.25, 0.3) is 0 Å². The van der Waals surface area contributed by atoms with E-state index in [0.29, 0.717) is 11.5 Å². The van der Waals surface area contributed by atoms with Crippen LogP contribution in [-0.4, -0.2) is 32.3 Å². The molecule has 116 valence electrons. The Morgan fingerprint density at radius 1 is 1.05 bits per heavy atom. The zero-order valence-electron chi connectivity index (χ0n) is 12.7. The molecular formula is C16H17NO5. The van der Waals surface area contributed by atoms with Crippen LogP contribution >= 0.6 is 0 Å². The minimum Gasteiger partial charge on any atom is -0.491 e. The molecule has 0 bridgehead atoms. The second kappa shape index (κ2) is 7.31. The summed E-state index contributed by atoms with van der Waals surface area (Å²) in [6, 6.07) is 9.55. The van der Waals surface area contributed by atoms with E-state index in [-0.39, 0.29) is 18.1 Å². The molecule has 0 aliphatic rings. The number of benzene rings is 1. The number of methoxy groups -OCH3 is 3. The Labute approximate surface area is 128 Å². The molecule has 0 aliphatic carbocycles. The number of hydrogen-bond donors (Lipinski definition) is 0. The second-order valence-corrected chi connectivity index (χ2v) is 4.30. The lowest BCUT2D eigenvalue weighted by Gasteiger charge is -2.15. The number of esters is 1. The van der Waals surface area contributed by atoms with Gasteiger partial charge in [-0.25, -0.2) is 9.78 Å². The molecule has 1 aromatic carbocycles. The molecule has 0 saturated carbocycles. The van der Waals surface area contributed by atoms with E-state index in [0.717, 1.165) is 5.56 Å². The third-order valence-corrected chi connectivity index (χ3v) is 2.98. The summed E-state index contributed by atoms with van der Waals surface area (Å²) in [5.41, 5.74) is 0.985. The first-order valence-corrected chi connectivity index (χ1v) is 6.57. The van der Waals surface area contributed by atoms with Crippen LogP contribution in [0.25, 0.3) is 0 Å². The molecule has 6 heteroatoms. The van der Waals surface area contributed by atoms with E-state index in [1.165, 1.54) is 27.5 Å². The van der Waals surface area contributed by atoms with E-state index in [1.807, 2.05) is 30.3 Å². The summed E-state index contributed by atoms with van der Waals surface area (Å²) in [7, 11) is 4.23. The maximum absolute atomic E-state index is 11.9. The Morgan fingerprint density at radius 3 is 2.36 bits per heavy atom. The van der Waals surface area contributed by atoms with Crippen molar-refractivity contribution < 1.29 is 23.7 Å². The molecule has 22 heavy (non-hydrogen) atoms. The highest BCUT2D eigenvalue weighted by atomic mass is 16.5. The Hall–Kier alpha value is -2.76. The fraction of sp³-hybridized carbons (Fsp3) is 0.250. The van der Waals surface area contributed by atoms with Crippen LogP contribution in [0.4, 0.5) is 0 Å². The van der Waals surface area contributed by atoms with Gasteiger partial charge in [-0.3, -0.25) is 0 Å². The van der Waals surface area contributed by atoms with Gasteiger partial charge in [0.2, 0.25) is 5.75 Å². The molecule has 1 heterocycles. The van der Waals surface area contributed by atoms with Gasteiger partial charge in [0.05, 0.1) is 27.5 Å². The highest BCUT2D eigenvalue weighted by Gasteiger charge is 2.23. The number of pyridine rings is 1. The first-order valence-electron chi connectivity index (χ1n) is 6.57. The highest BCUT2D eigenvalue weighted by molar-refractivity contribution is 5.91. The van der Waals surface area contributed by atoms with Crippen molar-refractivity contribution in [2.45, 2.75) is 6.61 Å². The summed E-state index contributed by atoms with van der Waals surface area (Å²) >= 11 is 0. The summed E-state index contributed by atoms with van der Waals surface area (Å²) < 4.78 is 20.9. The van der Waals surface area contributed by atoms with E-state index >= 15 is 0 Å². The normalized spacial score (nSPS) is 9.95. The molecule has 0 N–H and O–H groups in total. The van der Waals surface area contributed by atoms with Crippen molar-refractivity contribution in [3.63, 3.8) is 0 Å². The van der Waals surface area contributed by atoms with Crippen molar-refractivity contribution in [2.24, 2.45) is 0 Å². The number of carbonyl (C=O) groups is 1. The number of aromatic nitrogens is 1. The largest absolute Gasteiger partial charge is 0.491 e. The van der Waals surface area contributed by atoms with Crippen molar-refractivity contribution in [1.82, 2.24) is 4.98 Å². The summed E-state index contributed by atoms with van der Waals surface area (Å²) in [4.78, 5) is 15.9. The summed E-state index contributed by atoms with van der Waals surface area (Å²) in [6.07, 6.45) is 1.39. The zero-order valence-corrected chi connectivity index (χ0v) is 12.7. The molecule has 0 saturated heterocycles. The molecule has 2 rings (SSSR count). The third kappa shape index (κ3) is 3.28. The fourth-order valence-electron chi connectivity index (χ4n) is 1.90. The predicted octanol–water partition coefficient (Wildman–Crippen LogP) is 2.46. The van der Waals surface area contributed by atoms with Crippen molar-refractivity contribution in [2.75, 3.05) is 21.3 Å². The van der Waals surface area contributed by atoms with Crippen molar-refractivity contribution in [3.05, 3.63) is 47.8 Å². The maximum atomic E-state index is 11.9. The van der Waals surface area contributed by atoms with Gasteiger partial charge in [-0.1, -0.05) is 30.3 Å². The SMILES string of the molecule is COC(=O)c1ncc(OC)c(OC)c1OCc1ccccc1. The standard InChI is InChI=1S/C16H17NO5/c1-19-12-9-17-13(16(18)21-3)15(14(12)20-2)22-10-11-7-5-4-6-8-11/h4-9H,10H2,1-3H3. The van der Waals surface area contributed by atoms with Crippen LogP contribution in [0.5, 0.6) is 17.2 Å². The van der Waals surface area contributed by atoms with Gasteiger partial charge in [0.15, 0.2) is 17.2 Å². The number of rotatable bonds is 6. The fourth-order valence-corrected chi connectivity index (χ4v) is 1.90. The van der Waals surface area contributed by atoms with Gasteiger partial charge in [-0.15, -0.1) is 0 Å². The van der Waals surface area contributed by atoms with Crippen molar-refractivity contribution >= 4 is 5.97 Å². The van der Waals surface area contributed by atoms with Crippen LogP contribution in [0.3, 0.4) is 0 Å². The number of carbonyl (C=O) groups excluding carboxylic acids is 1. The van der Waals surface area contributed by atoms with Crippen molar-refractivity contribution in [1.29, 1.82) is 0 Å².